The lowest BCUT2D eigenvalue weighted by molar-refractivity contribution is -0.133. The molecule has 0 aromatic rings. The zero-order valence-electron chi connectivity index (χ0n) is 13.2. The van der Waals surface area contributed by atoms with E-state index in [4.69, 9.17) is 5.73 Å². The first-order chi connectivity index (χ1) is 9.61. The van der Waals surface area contributed by atoms with E-state index in [1.54, 1.807) is 0 Å². The predicted molar refractivity (Wildman–Crippen MR) is 82.4 cm³/mol. The van der Waals surface area contributed by atoms with Crippen LogP contribution in [0.3, 0.4) is 0 Å². The van der Waals surface area contributed by atoms with Crippen LogP contribution in [-0.2, 0) is 4.79 Å². The molecule has 20 heavy (non-hydrogen) atoms. The van der Waals surface area contributed by atoms with Gasteiger partial charge in [-0.25, -0.2) is 0 Å². The van der Waals surface area contributed by atoms with Crippen molar-refractivity contribution in [1.29, 1.82) is 0 Å². The van der Waals surface area contributed by atoms with Crippen LogP contribution in [0.4, 0.5) is 0 Å². The van der Waals surface area contributed by atoms with Crippen LogP contribution in [0.15, 0.2) is 0 Å². The highest BCUT2D eigenvalue weighted by Crippen LogP contribution is 2.32. The summed E-state index contributed by atoms with van der Waals surface area (Å²) in [7, 11) is 0. The van der Waals surface area contributed by atoms with Gasteiger partial charge in [-0.1, -0.05) is 13.8 Å². The molecule has 0 unspecified atom stereocenters. The summed E-state index contributed by atoms with van der Waals surface area (Å²) in [4.78, 5) is 16.4. The van der Waals surface area contributed by atoms with E-state index in [9.17, 15) is 4.79 Å². The zero-order chi connectivity index (χ0) is 14.5. The van der Waals surface area contributed by atoms with Crippen LogP contribution in [0.25, 0.3) is 0 Å². The maximum Gasteiger partial charge on any atom is 0.223 e. The molecule has 1 saturated heterocycles. The molecule has 0 radical (unpaired) electrons. The van der Waals surface area contributed by atoms with Gasteiger partial charge in [-0.15, -0.1) is 0 Å². The highest BCUT2D eigenvalue weighted by Gasteiger charge is 2.29. The van der Waals surface area contributed by atoms with Crippen LogP contribution in [0.1, 0.15) is 46.0 Å². The summed E-state index contributed by atoms with van der Waals surface area (Å²) >= 11 is 0. The molecule has 1 aliphatic carbocycles. The predicted octanol–water partition coefficient (Wildman–Crippen LogP) is 1.69. The first-order valence-corrected chi connectivity index (χ1v) is 8.33. The van der Waals surface area contributed by atoms with E-state index in [1.165, 1.54) is 25.7 Å². The summed E-state index contributed by atoms with van der Waals surface area (Å²) in [6.45, 7) is 9.06. The average molecular weight is 281 g/mol. The van der Waals surface area contributed by atoms with Gasteiger partial charge in [-0.05, 0) is 37.5 Å². The van der Waals surface area contributed by atoms with Crippen molar-refractivity contribution in [3.8, 4) is 0 Å². The summed E-state index contributed by atoms with van der Waals surface area (Å²) in [5, 5.41) is 0. The average Bonchev–Trinajstić information content (AvgIpc) is 2.48. The minimum atomic E-state index is 0.232. The molecule has 0 aromatic carbocycles. The largest absolute Gasteiger partial charge is 0.340 e. The SMILES string of the molecule is CC(C)C1CCC(N2CCN(C(=O)CCN)CC2)CC1. The number of amides is 1. The summed E-state index contributed by atoms with van der Waals surface area (Å²) in [6, 6.07) is 0.761. The fourth-order valence-corrected chi connectivity index (χ4v) is 3.75. The molecule has 4 heteroatoms. The Morgan fingerprint density at radius 2 is 1.70 bits per heavy atom. The summed E-state index contributed by atoms with van der Waals surface area (Å²) in [5.41, 5.74) is 5.46. The number of nitrogens with two attached hydrogens (primary N) is 1. The Labute approximate surface area is 123 Å². The van der Waals surface area contributed by atoms with Crippen molar-refractivity contribution in [1.82, 2.24) is 9.80 Å². The van der Waals surface area contributed by atoms with E-state index < -0.39 is 0 Å². The van der Waals surface area contributed by atoms with Crippen LogP contribution in [0.5, 0.6) is 0 Å². The van der Waals surface area contributed by atoms with Crippen molar-refractivity contribution in [3.63, 3.8) is 0 Å². The lowest BCUT2D eigenvalue weighted by Crippen LogP contribution is -2.52. The maximum absolute atomic E-state index is 11.8. The second-order valence-corrected chi connectivity index (χ2v) is 6.77. The van der Waals surface area contributed by atoms with E-state index in [1.807, 2.05) is 4.90 Å². The maximum atomic E-state index is 11.8. The number of piperazine rings is 1. The highest BCUT2D eigenvalue weighted by atomic mass is 16.2. The molecule has 0 atom stereocenters. The lowest BCUT2D eigenvalue weighted by atomic mass is 9.79. The summed E-state index contributed by atoms with van der Waals surface area (Å²) in [5.74, 6) is 2.00. The molecule has 2 rings (SSSR count). The van der Waals surface area contributed by atoms with E-state index in [0.29, 0.717) is 13.0 Å². The van der Waals surface area contributed by atoms with Gasteiger partial charge in [0.05, 0.1) is 0 Å². The van der Waals surface area contributed by atoms with Crippen LogP contribution in [-0.4, -0.2) is 54.5 Å². The topological polar surface area (TPSA) is 49.6 Å². The lowest BCUT2D eigenvalue weighted by Gasteiger charge is -2.42. The molecular weight excluding hydrogens is 250 g/mol. The minimum absolute atomic E-state index is 0.232. The van der Waals surface area contributed by atoms with Gasteiger partial charge in [0.15, 0.2) is 0 Å². The second kappa shape index (κ2) is 7.41. The standard InChI is InChI=1S/C16H31N3O/c1-13(2)14-3-5-15(6-4-14)18-9-11-19(12-10-18)16(20)7-8-17/h13-15H,3-12,17H2,1-2H3. The Balaban J connectivity index is 1.73. The number of nitrogens with zero attached hydrogens (tertiary/aromatic N) is 2. The molecule has 1 aliphatic heterocycles. The molecule has 1 amide bonds. The smallest absolute Gasteiger partial charge is 0.223 e. The molecule has 2 N–H and O–H groups in total. The normalized spacial score (nSPS) is 28.9. The van der Waals surface area contributed by atoms with Gasteiger partial charge in [0.25, 0.3) is 0 Å². The molecule has 0 aromatic heterocycles. The van der Waals surface area contributed by atoms with E-state index in [-0.39, 0.29) is 5.91 Å². The van der Waals surface area contributed by atoms with Crippen molar-refractivity contribution >= 4 is 5.91 Å². The number of rotatable bonds is 4. The Kier molecular flexibility index (Phi) is 5.85. The number of carbonyl (C=O) groups excluding carboxylic acids is 1. The van der Waals surface area contributed by atoms with Crippen molar-refractivity contribution in [2.24, 2.45) is 17.6 Å². The number of hydrogen-bond acceptors (Lipinski definition) is 3. The van der Waals surface area contributed by atoms with Crippen LogP contribution in [0, 0.1) is 11.8 Å². The Hall–Kier alpha value is -0.610. The van der Waals surface area contributed by atoms with Crippen molar-refractivity contribution in [2.75, 3.05) is 32.7 Å². The van der Waals surface area contributed by atoms with Gasteiger partial charge in [0.1, 0.15) is 0 Å². The monoisotopic (exact) mass is 281 g/mol. The van der Waals surface area contributed by atoms with Gasteiger partial charge in [0.2, 0.25) is 5.91 Å². The minimum Gasteiger partial charge on any atom is -0.340 e. The van der Waals surface area contributed by atoms with Crippen LogP contribution >= 0.6 is 0 Å². The highest BCUT2D eigenvalue weighted by molar-refractivity contribution is 5.76. The third-order valence-corrected chi connectivity index (χ3v) is 5.23. The fourth-order valence-electron chi connectivity index (χ4n) is 3.75. The van der Waals surface area contributed by atoms with Crippen molar-refractivity contribution < 1.29 is 4.79 Å². The first-order valence-electron chi connectivity index (χ1n) is 8.33. The molecule has 2 fully saturated rings. The van der Waals surface area contributed by atoms with Gasteiger partial charge in [-0.3, -0.25) is 9.69 Å². The van der Waals surface area contributed by atoms with Crippen molar-refractivity contribution in [2.45, 2.75) is 52.0 Å². The number of hydrogen-bond donors (Lipinski definition) is 1. The molecule has 2 aliphatic rings. The molecule has 116 valence electrons. The molecule has 1 heterocycles. The molecule has 0 spiro atoms. The Morgan fingerprint density at radius 1 is 1.10 bits per heavy atom. The van der Waals surface area contributed by atoms with Gasteiger partial charge < -0.3 is 10.6 Å². The third kappa shape index (κ3) is 3.95. The van der Waals surface area contributed by atoms with E-state index in [0.717, 1.165) is 44.1 Å². The van der Waals surface area contributed by atoms with Gasteiger partial charge in [0, 0.05) is 45.2 Å². The molecular formula is C16H31N3O. The zero-order valence-corrected chi connectivity index (χ0v) is 13.2. The van der Waals surface area contributed by atoms with Crippen molar-refractivity contribution in [3.05, 3.63) is 0 Å². The third-order valence-electron chi connectivity index (χ3n) is 5.23. The second-order valence-electron chi connectivity index (χ2n) is 6.77. The van der Waals surface area contributed by atoms with Gasteiger partial charge in [-0.2, -0.15) is 0 Å². The Morgan fingerprint density at radius 3 is 2.20 bits per heavy atom. The first kappa shape index (κ1) is 15.8. The summed E-state index contributed by atoms with van der Waals surface area (Å²) < 4.78 is 0. The molecule has 4 nitrogen and oxygen atoms in total. The van der Waals surface area contributed by atoms with Crippen LogP contribution in [0.2, 0.25) is 0 Å². The Bertz CT molecular complexity index is 303. The number of carbonyl (C=O) groups is 1. The van der Waals surface area contributed by atoms with Gasteiger partial charge >= 0.3 is 0 Å². The molecule has 0 bridgehead atoms. The molecule has 1 saturated carbocycles. The van der Waals surface area contributed by atoms with Crippen LogP contribution < -0.4 is 5.73 Å². The quantitative estimate of drug-likeness (QED) is 0.853. The van der Waals surface area contributed by atoms with E-state index in [2.05, 4.69) is 18.7 Å². The fraction of sp³-hybridized carbons (Fsp3) is 0.938. The van der Waals surface area contributed by atoms with E-state index >= 15 is 0 Å². The summed E-state index contributed by atoms with van der Waals surface area (Å²) in [6.07, 6.45) is 5.96.